The Morgan fingerprint density at radius 1 is 0.962 bits per heavy atom. The van der Waals surface area contributed by atoms with Gasteiger partial charge in [-0.05, 0) is 18.4 Å². The lowest BCUT2D eigenvalue weighted by Crippen LogP contribution is -2.48. The molecule has 5 nitrogen and oxygen atoms in total. The molecule has 0 saturated heterocycles. The van der Waals surface area contributed by atoms with Gasteiger partial charge in [-0.25, -0.2) is 4.57 Å². The number of quaternary nitrogens is 1. The van der Waals surface area contributed by atoms with Crippen LogP contribution in [0.5, 0.6) is 0 Å². The van der Waals surface area contributed by atoms with E-state index in [1.54, 1.807) is 0 Å². The molecule has 0 aliphatic carbocycles. The molecular formula is C20H37NO4P+. The second-order valence-electron chi connectivity index (χ2n) is 8.26. The molecule has 0 amide bonds. The summed E-state index contributed by atoms with van der Waals surface area (Å²) < 4.78 is 17.8. The van der Waals surface area contributed by atoms with Crippen molar-refractivity contribution in [2.24, 2.45) is 0 Å². The molecule has 0 saturated carbocycles. The van der Waals surface area contributed by atoms with E-state index in [0.29, 0.717) is 17.4 Å². The highest BCUT2D eigenvalue weighted by molar-refractivity contribution is 7.46. The van der Waals surface area contributed by atoms with Crippen molar-refractivity contribution < 1.29 is 23.4 Å². The predicted molar refractivity (Wildman–Crippen MR) is 107 cm³/mol. The van der Waals surface area contributed by atoms with E-state index >= 15 is 0 Å². The second kappa shape index (κ2) is 10.6. The highest BCUT2D eigenvalue weighted by atomic mass is 31.2. The van der Waals surface area contributed by atoms with Gasteiger partial charge >= 0.3 is 7.82 Å². The van der Waals surface area contributed by atoms with Crippen LogP contribution in [0, 0.1) is 0 Å². The Morgan fingerprint density at radius 2 is 1.50 bits per heavy atom. The molecule has 0 aromatic heterocycles. The number of rotatable bonds is 13. The molecule has 1 rings (SSSR count). The Labute approximate surface area is 159 Å². The molecule has 0 radical (unpaired) electrons. The minimum Gasteiger partial charge on any atom is -0.328 e. The number of unbranched alkanes of at least 4 members (excludes halogenated alkanes) is 6. The van der Waals surface area contributed by atoms with Crippen molar-refractivity contribution in [2.45, 2.75) is 63.9 Å². The molecule has 0 bridgehead atoms. The zero-order valence-corrected chi connectivity index (χ0v) is 17.8. The van der Waals surface area contributed by atoms with E-state index in [1.807, 2.05) is 51.5 Å². The molecule has 1 aromatic carbocycles. The van der Waals surface area contributed by atoms with Crippen LogP contribution >= 0.6 is 7.82 Å². The highest BCUT2D eigenvalue weighted by Crippen LogP contribution is 2.48. The number of phosphoric acid groups is 1. The molecule has 0 aliphatic heterocycles. The van der Waals surface area contributed by atoms with Crippen molar-refractivity contribution in [2.75, 3.05) is 27.7 Å². The molecule has 2 N–H and O–H groups in total. The zero-order chi connectivity index (χ0) is 19.7. The van der Waals surface area contributed by atoms with Crippen LogP contribution in [0.1, 0.15) is 63.9 Å². The first-order chi connectivity index (χ1) is 12.1. The Kier molecular flexibility index (Phi) is 9.49. The Bertz CT molecular complexity index is 553. The SMILES string of the molecule is CCCCCCCCCC(C[N+](C)(C)C)(OP(=O)(O)O)c1ccccc1. The topological polar surface area (TPSA) is 66.8 Å². The summed E-state index contributed by atoms with van der Waals surface area (Å²) in [7, 11) is 1.44. The van der Waals surface area contributed by atoms with E-state index in [0.717, 1.165) is 24.8 Å². The fourth-order valence-electron chi connectivity index (χ4n) is 3.55. The maximum absolute atomic E-state index is 11.8. The summed E-state index contributed by atoms with van der Waals surface area (Å²) in [5.74, 6) is 0. The molecular weight excluding hydrogens is 349 g/mol. The van der Waals surface area contributed by atoms with Crippen LogP contribution in [0.2, 0.25) is 0 Å². The van der Waals surface area contributed by atoms with Gasteiger partial charge in [0.2, 0.25) is 0 Å². The first-order valence-corrected chi connectivity index (χ1v) is 11.2. The van der Waals surface area contributed by atoms with Crippen LogP contribution in [-0.4, -0.2) is 42.0 Å². The van der Waals surface area contributed by atoms with Crippen LogP contribution in [0.25, 0.3) is 0 Å². The molecule has 0 fully saturated rings. The molecule has 0 spiro atoms. The van der Waals surface area contributed by atoms with E-state index in [2.05, 4.69) is 6.92 Å². The van der Waals surface area contributed by atoms with Gasteiger partial charge in [-0.1, -0.05) is 75.8 Å². The molecule has 0 aliphatic rings. The van der Waals surface area contributed by atoms with E-state index in [1.165, 1.54) is 25.7 Å². The Morgan fingerprint density at radius 3 is 2.00 bits per heavy atom. The van der Waals surface area contributed by atoms with Crippen molar-refractivity contribution in [3.05, 3.63) is 35.9 Å². The maximum atomic E-state index is 11.8. The van der Waals surface area contributed by atoms with Gasteiger partial charge in [0.25, 0.3) is 0 Å². The van der Waals surface area contributed by atoms with Gasteiger partial charge in [-0.3, -0.25) is 4.52 Å². The van der Waals surface area contributed by atoms with Gasteiger partial charge in [-0.2, -0.15) is 0 Å². The third-order valence-electron chi connectivity index (χ3n) is 4.51. The van der Waals surface area contributed by atoms with Gasteiger partial charge in [0.05, 0.1) is 21.1 Å². The lowest BCUT2D eigenvalue weighted by Gasteiger charge is -2.39. The quantitative estimate of drug-likeness (QED) is 0.289. The summed E-state index contributed by atoms with van der Waals surface area (Å²) >= 11 is 0. The average molecular weight is 386 g/mol. The summed E-state index contributed by atoms with van der Waals surface area (Å²) in [6.07, 6.45) is 8.70. The van der Waals surface area contributed by atoms with Crippen molar-refractivity contribution >= 4 is 7.82 Å². The molecule has 26 heavy (non-hydrogen) atoms. The lowest BCUT2D eigenvalue weighted by molar-refractivity contribution is -0.877. The van der Waals surface area contributed by atoms with E-state index in [9.17, 15) is 14.4 Å². The Balaban J connectivity index is 2.93. The smallest absolute Gasteiger partial charge is 0.328 e. The first-order valence-electron chi connectivity index (χ1n) is 9.70. The maximum Gasteiger partial charge on any atom is 0.470 e. The molecule has 1 aromatic rings. The van der Waals surface area contributed by atoms with Crippen LogP contribution in [0.4, 0.5) is 0 Å². The monoisotopic (exact) mass is 386 g/mol. The third kappa shape index (κ3) is 9.29. The van der Waals surface area contributed by atoms with Gasteiger partial charge in [0.15, 0.2) is 5.60 Å². The van der Waals surface area contributed by atoms with E-state index in [-0.39, 0.29) is 0 Å². The number of likely N-dealkylation sites (N-methyl/N-ethyl adjacent to an activating group) is 1. The van der Waals surface area contributed by atoms with Gasteiger partial charge in [0.1, 0.15) is 6.54 Å². The minimum atomic E-state index is -4.62. The van der Waals surface area contributed by atoms with Crippen molar-refractivity contribution in [3.8, 4) is 0 Å². The van der Waals surface area contributed by atoms with E-state index < -0.39 is 13.4 Å². The number of benzene rings is 1. The summed E-state index contributed by atoms with van der Waals surface area (Å²) in [4.78, 5) is 19.2. The first kappa shape index (κ1) is 23.3. The number of phosphoric ester groups is 1. The van der Waals surface area contributed by atoms with Crippen LogP contribution in [0.3, 0.4) is 0 Å². The van der Waals surface area contributed by atoms with Gasteiger partial charge < -0.3 is 14.3 Å². The average Bonchev–Trinajstić information content (AvgIpc) is 2.51. The highest BCUT2D eigenvalue weighted by Gasteiger charge is 2.43. The normalized spacial score (nSPS) is 15.0. The predicted octanol–water partition coefficient (Wildman–Crippen LogP) is 4.84. The Hall–Kier alpha value is -0.710. The summed E-state index contributed by atoms with van der Waals surface area (Å²) in [6.45, 7) is 2.70. The van der Waals surface area contributed by atoms with Crippen LogP contribution in [0.15, 0.2) is 30.3 Å². The van der Waals surface area contributed by atoms with E-state index in [4.69, 9.17) is 4.52 Å². The van der Waals surface area contributed by atoms with Gasteiger partial charge in [-0.15, -0.1) is 0 Å². The largest absolute Gasteiger partial charge is 0.470 e. The minimum absolute atomic E-state index is 0.498. The summed E-state index contributed by atoms with van der Waals surface area (Å²) in [5.41, 5.74) is -0.149. The summed E-state index contributed by atoms with van der Waals surface area (Å²) in [5, 5.41) is 0. The molecule has 150 valence electrons. The standard InChI is InChI=1S/C20H36NO4P/c1-5-6-7-8-9-10-14-17-20(18-21(2,3)4,25-26(22,23)24)19-15-12-11-13-16-19/h11-13,15-16H,5-10,14,17-18H2,1-4H3,(H-,22,23,24)/p+1. The lowest BCUT2D eigenvalue weighted by atomic mass is 9.87. The third-order valence-corrected chi connectivity index (χ3v) is 5.09. The zero-order valence-electron chi connectivity index (χ0n) is 16.9. The van der Waals surface area contributed by atoms with Crippen LogP contribution < -0.4 is 0 Å². The second-order valence-corrected chi connectivity index (χ2v) is 9.43. The molecule has 0 heterocycles. The van der Waals surface area contributed by atoms with Crippen molar-refractivity contribution in [1.82, 2.24) is 0 Å². The van der Waals surface area contributed by atoms with Crippen LogP contribution in [-0.2, 0) is 14.7 Å². The van der Waals surface area contributed by atoms with Crippen molar-refractivity contribution in [1.29, 1.82) is 0 Å². The number of hydrogen-bond acceptors (Lipinski definition) is 2. The molecule has 1 atom stereocenters. The molecule has 1 unspecified atom stereocenters. The van der Waals surface area contributed by atoms with Gasteiger partial charge in [0, 0.05) is 0 Å². The summed E-state index contributed by atoms with van der Waals surface area (Å²) in [6, 6.07) is 9.52. The number of hydrogen-bond donors (Lipinski definition) is 2. The van der Waals surface area contributed by atoms with Crippen molar-refractivity contribution in [3.63, 3.8) is 0 Å². The fraction of sp³-hybridized carbons (Fsp3) is 0.700. The molecule has 6 heteroatoms. The number of nitrogens with zero attached hydrogens (tertiary/aromatic N) is 1. The fourth-order valence-corrected chi connectivity index (χ4v) is 4.26.